The van der Waals surface area contributed by atoms with Crippen molar-refractivity contribution >= 4 is 0 Å². The summed E-state index contributed by atoms with van der Waals surface area (Å²) in [7, 11) is 0. The lowest BCUT2D eigenvalue weighted by atomic mass is 10.0. The monoisotopic (exact) mass is 147 g/mol. The number of nitriles is 1. The van der Waals surface area contributed by atoms with Crippen LogP contribution < -0.4 is 0 Å². The second-order valence-corrected chi connectivity index (χ2v) is 2.83. The van der Waals surface area contributed by atoms with Gasteiger partial charge < -0.3 is 4.57 Å². The molecule has 2 heterocycles. The van der Waals surface area contributed by atoms with Crippen molar-refractivity contribution in [2.75, 3.05) is 0 Å². The maximum absolute atomic E-state index is 8.76. The summed E-state index contributed by atoms with van der Waals surface area (Å²) in [5.41, 5.74) is 1.20. The molecule has 1 aliphatic rings. The molecule has 0 fully saturated rings. The van der Waals surface area contributed by atoms with E-state index < -0.39 is 0 Å². The smallest absolute Gasteiger partial charge is 0.122 e. The van der Waals surface area contributed by atoms with Gasteiger partial charge in [-0.3, -0.25) is 0 Å². The van der Waals surface area contributed by atoms with Crippen molar-refractivity contribution in [1.29, 1.82) is 5.26 Å². The van der Waals surface area contributed by atoms with Crippen LogP contribution in [-0.4, -0.2) is 9.55 Å². The van der Waals surface area contributed by atoms with E-state index in [1.807, 2.05) is 10.8 Å². The van der Waals surface area contributed by atoms with E-state index >= 15 is 0 Å². The van der Waals surface area contributed by atoms with Gasteiger partial charge in [0.05, 0.1) is 12.4 Å². The Bertz CT molecular complexity index is 295. The zero-order chi connectivity index (χ0) is 7.68. The van der Waals surface area contributed by atoms with Gasteiger partial charge in [-0.2, -0.15) is 5.26 Å². The van der Waals surface area contributed by atoms with E-state index in [1.165, 1.54) is 5.69 Å². The minimum absolute atomic E-state index is 0.0289. The first kappa shape index (κ1) is 6.41. The van der Waals surface area contributed by atoms with Crippen molar-refractivity contribution in [3.05, 3.63) is 18.2 Å². The number of nitrogens with zero attached hydrogens (tertiary/aromatic N) is 3. The van der Waals surface area contributed by atoms with E-state index in [0.29, 0.717) is 0 Å². The van der Waals surface area contributed by atoms with Crippen LogP contribution in [0.5, 0.6) is 0 Å². The van der Waals surface area contributed by atoms with Crippen LogP contribution in [0, 0.1) is 11.3 Å². The highest BCUT2D eigenvalue weighted by atomic mass is 15.1. The van der Waals surface area contributed by atoms with E-state index in [-0.39, 0.29) is 6.04 Å². The van der Waals surface area contributed by atoms with Gasteiger partial charge in [-0.15, -0.1) is 0 Å². The lowest BCUT2D eigenvalue weighted by molar-refractivity contribution is 0.478. The first-order valence-corrected chi connectivity index (χ1v) is 3.82. The van der Waals surface area contributed by atoms with Gasteiger partial charge in [0.1, 0.15) is 6.04 Å². The minimum atomic E-state index is 0.0289. The third kappa shape index (κ3) is 0.911. The Kier molecular flexibility index (Phi) is 1.39. The van der Waals surface area contributed by atoms with Crippen LogP contribution >= 0.6 is 0 Å². The van der Waals surface area contributed by atoms with Gasteiger partial charge in [0.25, 0.3) is 0 Å². The van der Waals surface area contributed by atoms with Crippen LogP contribution in [-0.2, 0) is 6.42 Å². The SMILES string of the molecule is N#CC1CCCc2cncn21. The summed E-state index contributed by atoms with van der Waals surface area (Å²) in [6, 6.07) is 2.30. The highest BCUT2D eigenvalue weighted by Crippen LogP contribution is 2.22. The fourth-order valence-corrected chi connectivity index (χ4v) is 1.55. The van der Waals surface area contributed by atoms with Gasteiger partial charge in [-0.05, 0) is 19.3 Å². The highest BCUT2D eigenvalue weighted by Gasteiger charge is 2.17. The fraction of sp³-hybridized carbons (Fsp3) is 0.500. The molecule has 0 bridgehead atoms. The number of hydrogen-bond donors (Lipinski definition) is 0. The van der Waals surface area contributed by atoms with Gasteiger partial charge >= 0.3 is 0 Å². The first-order valence-electron chi connectivity index (χ1n) is 3.82. The molecule has 0 spiro atoms. The van der Waals surface area contributed by atoms with Crippen molar-refractivity contribution in [2.45, 2.75) is 25.3 Å². The molecule has 1 aromatic heterocycles. The zero-order valence-corrected chi connectivity index (χ0v) is 6.20. The highest BCUT2D eigenvalue weighted by molar-refractivity contribution is 5.08. The molecule has 3 nitrogen and oxygen atoms in total. The van der Waals surface area contributed by atoms with E-state index in [2.05, 4.69) is 11.1 Å². The molecule has 0 saturated heterocycles. The molecule has 0 N–H and O–H groups in total. The number of hydrogen-bond acceptors (Lipinski definition) is 2. The fourth-order valence-electron chi connectivity index (χ4n) is 1.55. The maximum atomic E-state index is 8.76. The number of rotatable bonds is 0. The Hall–Kier alpha value is -1.30. The molecule has 1 atom stereocenters. The predicted octanol–water partition coefficient (Wildman–Crippen LogP) is 1.28. The van der Waals surface area contributed by atoms with Crippen molar-refractivity contribution in [3.8, 4) is 6.07 Å². The third-order valence-electron chi connectivity index (χ3n) is 2.14. The molecule has 0 amide bonds. The lowest BCUT2D eigenvalue weighted by Gasteiger charge is -2.18. The maximum Gasteiger partial charge on any atom is 0.122 e. The van der Waals surface area contributed by atoms with Gasteiger partial charge in [-0.1, -0.05) is 0 Å². The van der Waals surface area contributed by atoms with Crippen molar-refractivity contribution in [2.24, 2.45) is 0 Å². The van der Waals surface area contributed by atoms with Crippen LogP contribution in [0.1, 0.15) is 24.6 Å². The van der Waals surface area contributed by atoms with E-state index in [4.69, 9.17) is 5.26 Å². The Balaban J connectivity index is 2.41. The Morgan fingerprint density at radius 1 is 1.73 bits per heavy atom. The largest absolute Gasteiger partial charge is 0.318 e. The van der Waals surface area contributed by atoms with Crippen LogP contribution in [0.25, 0.3) is 0 Å². The Labute approximate surface area is 65.3 Å². The molecule has 2 rings (SSSR count). The summed E-state index contributed by atoms with van der Waals surface area (Å²) in [5.74, 6) is 0. The number of fused-ring (bicyclic) bond motifs is 1. The normalized spacial score (nSPS) is 22.3. The Morgan fingerprint density at radius 3 is 3.45 bits per heavy atom. The van der Waals surface area contributed by atoms with Crippen molar-refractivity contribution in [1.82, 2.24) is 9.55 Å². The van der Waals surface area contributed by atoms with Crippen LogP contribution in [0.2, 0.25) is 0 Å². The third-order valence-corrected chi connectivity index (χ3v) is 2.14. The van der Waals surface area contributed by atoms with Crippen molar-refractivity contribution < 1.29 is 0 Å². The topological polar surface area (TPSA) is 41.6 Å². The van der Waals surface area contributed by atoms with Gasteiger partial charge in [0, 0.05) is 11.9 Å². The molecule has 1 aromatic rings. The molecule has 3 heteroatoms. The molecular formula is C8H9N3. The van der Waals surface area contributed by atoms with Crippen LogP contribution in [0.3, 0.4) is 0 Å². The minimum Gasteiger partial charge on any atom is -0.318 e. The zero-order valence-electron chi connectivity index (χ0n) is 6.20. The first-order chi connectivity index (χ1) is 5.42. The average molecular weight is 147 g/mol. The molecule has 0 aromatic carbocycles. The second kappa shape index (κ2) is 2.39. The summed E-state index contributed by atoms with van der Waals surface area (Å²) in [6.45, 7) is 0. The molecular weight excluding hydrogens is 138 g/mol. The van der Waals surface area contributed by atoms with Gasteiger partial charge in [0.15, 0.2) is 0 Å². The van der Waals surface area contributed by atoms with Gasteiger partial charge in [0.2, 0.25) is 0 Å². The van der Waals surface area contributed by atoms with Gasteiger partial charge in [-0.25, -0.2) is 4.98 Å². The van der Waals surface area contributed by atoms with E-state index in [1.54, 1.807) is 6.33 Å². The molecule has 56 valence electrons. The quantitative estimate of drug-likeness (QED) is 0.554. The summed E-state index contributed by atoms with van der Waals surface area (Å²) in [6.07, 6.45) is 6.76. The van der Waals surface area contributed by atoms with Crippen LogP contribution in [0.4, 0.5) is 0 Å². The van der Waals surface area contributed by atoms with E-state index in [9.17, 15) is 0 Å². The number of aromatic nitrogens is 2. The molecule has 1 unspecified atom stereocenters. The molecule has 0 saturated carbocycles. The second-order valence-electron chi connectivity index (χ2n) is 2.83. The van der Waals surface area contributed by atoms with E-state index in [0.717, 1.165) is 19.3 Å². The van der Waals surface area contributed by atoms with Crippen molar-refractivity contribution in [3.63, 3.8) is 0 Å². The average Bonchev–Trinajstić information content (AvgIpc) is 2.50. The summed E-state index contributed by atoms with van der Waals surface area (Å²) < 4.78 is 1.98. The summed E-state index contributed by atoms with van der Waals surface area (Å²) >= 11 is 0. The summed E-state index contributed by atoms with van der Waals surface area (Å²) in [4.78, 5) is 4.01. The molecule has 11 heavy (non-hydrogen) atoms. The number of aryl methyl sites for hydroxylation is 1. The Morgan fingerprint density at radius 2 is 2.64 bits per heavy atom. The lowest BCUT2D eigenvalue weighted by Crippen LogP contribution is -2.14. The predicted molar refractivity (Wildman–Crippen MR) is 39.8 cm³/mol. The van der Waals surface area contributed by atoms with Crippen LogP contribution in [0.15, 0.2) is 12.5 Å². The molecule has 0 aliphatic carbocycles. The number of imidazole rings is 1. The summed E-state index contributed by atoms with van der Waals surface area (Å²) in [5, 5.41) is 8.76. The molecule has 0 radical (unpaired) electrons. The standard InChI is InChI=1S/C8H9N3/c9-4-7-2-1-3-8-5-10-6-11(7)8/h5-7H,1-3H2. The molecule has 1 aliphatic heterocycles.